The second-order valence-electron chi connectivity index (χ2n) is 7.43. The molecule has 1 aromatic carbocycles. The van der Waals surface area contributed by atoms with Crippen LogP contribution in [0.4, 0.5) is 4.79 Å². The molecule has 166 valence electrons. The van der Waals surface area contributed by atoms with Gasteiger partial charge in [0.15, 0.2) is 11.5 Å². The van der Waals surface area contributed by atoms with E-state index in [0.717, 1.165) is 24.8 Å². The van der Waals surface area contributed by atoms with E-state index in [1.807, 2.05) is 32.0 Å². The first-order valence-electron chi connectivity index (χ1n) is 10.8. The standard InChI is InChI=1S/C23H34N2O5/c1-6-9-10-13-29-18-12-11-16(14-19(18)28-8-3)21-20(22(26)30-15(4)5)17(7-2)24-23(27)25-21/h11-12,14-15,21H,6-10,13H2,1-5H3,(H2,24,25,27). The van der Waals surface area contributed by atoms with Crippen LogP contribution in [-0.2, 0) is 9.53 Å². The van der Waals surface area contributed by atoms with Gasteiger partial charge in [0.2, 0.25) is 0 Å². The fraction of sp³-hybridized carbons (Fsp3) is 0.565. The van der Waals surface area contributed by atoms with Crippen molar-refractivity contribution < 1.29 is 23.8 Å². The number of esters is 1. The van der Waals surface area contributed by atoms with E-state index in [2.05, 4.69) is 17.6 Å². The minimum absolute atomic E-state index is 0.265. The Kier molecular flexibility index (Phi) is 9.02. The van der Waals surface area contributed by atoms with Gasteiger partial charge in [-0.1, -0.05) is 32.8 Å². The molecule has 1 heterocycles. The van der Waals surface area contributed by atoms with Crippen molar-refractivity contribution >= 4 is 12.0 Å². The number of amides is 2. The van der Waals surface area contributed by atoms with Crippen molar-refractivity contribution in [3.63, 3.8) is 0 Å². The van der Waals surface area contributed by atoms with Crippen molar-refractivity contribution in [2.75, 3.05) is 13.2 Å². The fourth-order valence-corrected chi connectivity index (χ4v) is 3.29. The predicted molar refractivity (Wildman–Crippen MR) is 116 cm³/mol. The average molecular weight is 419 g/mol. The van der Waals surface area contributed by atoms with Gasteiger partial charge in [-0.3, -0.25) is 0 Å². The van der Waals surface area contributed by atoms with Crippen molar-refractivity contribution in [2.45, 2.75) is 72.4 Å². The number of urea groups is 1. The Labute approximate surface area is 179 Å². The van der Waals surface area contributed by atoms with E-state index >= 15 is 0 Å². The van der Waals surface area contributed by atoms with E-state index < -0.39 is 12.0 Å². The van der Waals surface area contributed by atoms with Crippen molar-refractivity contribution in [3.8, 4) is 11.5 Å². The Morgan fingerprint density at radius 2 is 1.87 bits per heavy atom. The average Bonchev–Trinajstić information content (AvgIpc) is 2.70. The number of nitrogens with one attached hydrogen (secondary N) is 2. The third-order valence-corrected chi connectivity index (χ3v) is 4.68. The summed E-state index contributed by atoms with van der Waals surface area (Å²) in [6.07, 6.45) is 3.44. The summed E-state index contributed by atoms with van der Waals surface area (Å²) in [6.45, 7) is 10.6. The number of rotatable bonds is 11. The first-order valence-corrected chi connectivity index (χ1v) is 10.8. The number of hydrogen-bond acceptors (Lipinski definition) is 5. The van der Waals surface area contributed by atoms with Crippen LogP contribution in [0.25, 0.3) is 0 Å². The Morgan fingerprint density at radius 1 is 1.10 bits per heavy atom. The van der Waals surface area contributed by atoms with Crippen molar-refractivity contribution in [1.29, 1.82) is 0 Å². The number of benzene rings is 1. The molecule has 2 amide bonds. The predicted octanol–water partition coefficient (Wildman–Crippen LogP) is 4.62. The SMILES string of the molecule is CCCCCOc1ccc(C2NC(=O)NC(CC)=C2C(=O)OC(C)C)cc1OCC. The van der Waals surface area contributed by atoms with Gasteiger partial charge in [-0.05, 0) is 51.3 Å². The lowest BCUT2D eigenvalue weighted by atomic mass is 9.94. The maximum absolute atomic E-state index is 12.8. The third-order valence-electron chi connectivity index (χ3n) is 4.68. The van der Waals surface area contributed by atoms with Gasteiger partial charge in [0.05, 0.1) is 30.9 Å². The van der Waals surface area contributed by atoms with Gasteiger partial charge >= 0.3 is 12.0 Å². The highest BCUT2D eigenvalue weighted by atomic mass is 16.5. The molecular formula is C23H34N2O5. The van der Waals surface area contributed by atoms with Gasteiger partial charge in [0, 0.05) is 5.70 Å². The zero-order valence-electron chi connectivity index (χ0n) is 18.7. The van der Waals surface area contributed by atoms with Crippen molar-refractivity contribution in [3.05, 3.63) is 35.0 Å². The molecule has 0 saturated heterocycles. The van der Waals surface area contributed by atoms with Crippen molar-refractivity contribution in [1.82, 2.24) is 10.6 Å². The normalized spacial score (nSPS) is 16.2. The number of ether oxygens (including phenoxy) is 3. The summed E-state index contributed by atoms with van der Waals surface area (Å²) < 4.78 is 17.1. The Hall–Kier alpha value is -2.70. The molecule has 30 heavy (non-hydrogen) atoms. The summed E-state index contributed by atoms with van der Waals surface area (Å²) >= 11 is 0. The maximum Gasteiger partial charge on any atom is 0.338 e. The van der Waals surface area contributed by atoms with Gasteiger partial charge in [0.1, 0.15) is 0 Å². The molecule has 0 aliphatic carbocycles. The Balaban J connectivity index is 2.38. The van der Waals surface area contributed by atoms with E-state index in [9.17, 15) is 9.59 Å². The molecule has 7 heteroatoms. The number of unbranched alkanes of at least 4 members (excludes halogenated alkanes) is 2. The molecule has 7 nitrogen and oxygen atoms in total. The van der Waals surface area contributed by atoms with Gasteiger partial charge in [0.25, 0.3) is 0 Å². The molecule has 1 aromatic rings. The molecule has 1 atom stereocenters. The highest BCUT2D eigenvalue weighted by molar-refractivity contribution is 5.95. The Bertz CT molecular complexity index is 773. The van der Waals surface area contributed by atoms with Crippen LogP contribution in [0.1, 0.15) is 71.9 Å². The molecule has 1 aliphatic rings. The summed E-state index contributed by atoms with van der Waals surface area (Å²) in [5, 5.41) is 5.58. The zero-order valence-corrected chi connectivity index (χ0v) is 18.7. The van der Waals surface area contributed by atoms with Gasteiger partial charge in [-0.25, -0.2) is 9.59 Å². The lowest BCUT2D eigenvalue weighted by Gasteiger charge is -2.30. The molecule has 0 aromatic heterocycles. The minimum Gasteiger partial charge on any atom is -0.490 e. The van der Waals surface area contributed by atoms with Gasteiger partial charge < -0.3 is 24.8 Å². The molecule has 2 N–H and O–H groups in total. The van der Waals surface area contributed by atoms with Crippen LogP contribution in [0.5, 0.6) is 11.5 Å². The highest BCUT2D eigenvalue weighted by Gasteiger charge is 2.34. The molecule has 0 fully saturated rings. The van der Waals surface area contributed by atoms with E-state index in [0.29, 0.717) is 42.4 Å². The van der Waals surface area contributed by atoms with Crippen LogP contribution < -0.4 is 20.1 Å². The smallest absolute Gasteiger partial charge is 0.338 e. The van der Waals surface area contributed by atoms with Gasteiger partial charge in [-0.15, -0.1) is 0 Å². The third kappa shape index (κ3) is 6.15. The molecule has 1 aliphatic heterocycles. The van der Waals surface area contributed by atoms with E-state index in [-0.39, 0.29) is 12.1 Å². The van der Waals surface area contributed by atoms with Crippen LogP contribution >= 0.6 is 0 Å². The van der Waals surface area contributed by atoms with Gasteiger partial charge in [-0.2, -0.15) is 0 Å². The van der Waals surface area contributed by atoms with Crippen LogP contribution in [0.15, 0.2) is 29.5 Å². The summed E-state index contributed by atoms with van der Waals surface area (Å²) in [4.78, 5) is 25.0. The first-order chi connectivity index (χ1) is 14.4. The van der Waals surface area contributed by atoms with Crippen LogP contribution in [-0.4, -0.2) is 31.3 Å². The zero-order chi connectivity index (χ0) is 22.1. The van der Waals surface area contributed by atoms with Crippen LogP contribution in [0.2, 0.25) is 0 Å². The monoisotopic (exact) mass is 418 g/mol. The molecule has 0 spiro atoms. The summed E-state index contributed by atoms with van der Waals surface area (Å²) in [6, 6.07) is 4.52. The van der Waals surface area contributed by atoms with E-state index in [4.69, 9.17) is 14.2 Å². The summed E-state index contributed by atoms with van der Waals surface area (Å²) in [5.41, 5.74) is 1.70. The van der Waals surface area contributed by atoms with E-state index in [1.165, 1.54) is 0 Å². The maximum atomic E-state index is 12.8. The number of carbonyl (C=O) groups excluding carboxylic acids is 2. The second-order valence-corrected chi connectivity index (χ2v) is 7.43. The molecule has 0 saturated carbocycles. The molecular weight excluding hydrogens is 384 g/mol. The second kappa shape index (κ2) is 11.5. The molecule has 1 unspecified atom stereocenters. The minimum atomic E-state index is -0.631. The number of hydrogen-bond donors (Lipinski definition) is 2. The topological polar surface area (TPSA) is 85.9 Å². The van der Waals surface area contributed by atoms with Crippen molar-refractivity contribution in [2.24, 2.45) is 0 Å². The molecule has 0 radical (unpaired) electrons. The fourth-order valence-electron chi connectivity index (χ4n) is 3.29. The Morgan fingerprint density at radius 3 is 2.50 bits per heavy atom. The number of carbonyl (C=O) groups is 2. The number of allylic oxidation sites excluding steroid dienone is 1. The summed E-state index contributed by atoms with van der Waals surface area (Å²) in [7, 11) is 0. The first kappa shape index (κ1) is 23.6. The lowest BCUT2D eigenvalue weighted by molar-refractivity contribution is -0.143. The summed E-state index contributed by atoms with van der Waals surface area (Å²) in [5.74, 6) is 0.800. The molecule has 2 rings (SSSR count). The largest absolute Gasteiger partial charge is 0.490 e. The van der Waals surface area contributed by atoms with Crippen LogP contribution in [0, 0.1) is 0 Å². The lowest BCUT2D eigenvalue weighted by Crippen LogP contribution is -2.46. The van der Waals surface area contributed by atoms with Crippen LogP contribution in [0.3, 0.4) is 0 Å². The quantitative estimate of drug-likeness (QED) is 0.404. The van der Waals surface area contributed by atoms with E-state index in [1.54, 1.807) is 13.8 Å². The highest BCUT2D eigenvalue weighted by Crippen LogP contribution is 2.35. The molecule has 0 bridgehead atoms.